The van der Waals surface area contributed by atoms with Gasteiger partial charge >= 0.3 is 5.97 Å². The Morgan fingerprint density at radius 3 is 1.51 bits per heavy atom. The van der Waals surface area contributed by atoms with Crippen molar-refractivity contribution < 1.29 is 93.0 Å². The molecule has 12 N–H and O–H groups in total. The molecular weight excluding hydrogens is 1190 g/mol. The lowest BCUT2D eigenvalue weighted by molar-refractivity contribution is -0.310. The quantitative estimate of drug-likeness (QED) is 0.0229. The molecule has 0 bridgehead atoms. The average Bonchev–Trinajstić information content (AvgIpc) is 0.854. The van der Waals surface area contributed by atoms with Gasteiger partial charge in [0.1, 0.15) is 30.2 Å². The molecule has 5 amide bonds. The molecular formula is C63H81N5O19S2. The number of hydrogen-bond acceptors (Lipinski definition) is 20. The van der Waals surface area contributed by atoms with E-state index < -0.39 is 128 Å². The lowest BCUT2D eigenvalue weighted by Crippen LogP contribution is -2.68. The second-order valence-corrected chi connectivity index (χ2v) is 24.1. The van der Waals surface area contributed by atoms with Crippen molar-refractivity contribution in [2.45, 2.75) is 138 Å². The maximum atomic E-state index is 13.0. The molecule has 2 heterocycles. The second kappa shape index (κ2) is 35.7. The van der Waals surface area contributed by atoms with Crippen molar-refractivity contribution in [3.63, 3.8) is 0 Å². The number of carboxylic acid groups (broad SMARTS) is 1. The largest absolute Gasteiger partial charge is 0.477 e. The first kappa shape index (κ1) is 71.4. The number of carbonyl (C=O) groups excluding carboxylic acids is 7. The minimum absolute atomic E-state index is 0.00142. The molecule has 2 fully saturated rings. The van der Waals surface area contributed by atoms with E-state index in [0.717, 1.165) is 29.2 Å². The van der Waals surface area contributed by atoms with Gasteiger partial charge in [-0.05, 0) is 83.0 Å². The number of aliphatic hydroxyl groups excluding tert-OH is 6. The summed E-state index contributed by atoms with van der Waals surface area (Å²) in [5.74, 6) is -6.70. The van der Waals surface area contributed by atoms with Gasteiger partial charge < -0.3 is 81.3 Å². The summed E-state index contributed by atoms with van der Waals surface area (Å²) in [4.78, 5) is 100. The minimum Gasteiger partial charge on any atom is -0.477 e. The first-order valence-electron chi connectivity index (χ1n) is 29.4. The molecule has 0 spiro atoms. The van der Waals surface area contributed by atoms with Crippen molar-refractivity contribution in [2.24, 2.45) is 0 Å². The van der Waals surface area contributed by atoms with Crippen LogP contribution in [0.3, 0.4) is 0 Å². The monoisotopic (exact) mass is 1280 g/mol. The van der Waals surface area contributed by atoms with E-state index in [1.165, 1.54) is 30.4 Å². The van der Waals surface area contributed by atoms with Gasteiger partial charge in [-0.15, -0.1) is 0 Å². The van der Waals surface area contributed by atoms with Crippen molar-refractivity contribution in [1.29, 1.82) is 0 Å². The van der Waals surface area contributed by atoms with Crippen LogP contribution < -0.4 is 26.6 Å². The summed E-state index contributed by atoms with van der Waals surface area (Å²) in [7, 11) is 0. The number of aliphatic carboxylic acids is 1. The molecule has 0 aromatic heterocycles. The SMILES string of the molecule is CC(=O)N[C@H]1[C@H]([C@H](O)[C@H](O)CNC(=O)c2ccc(-c3ccccc3)cc2)O[C@](C=O)(OCCCSCCNC(=O)CCC(=O)CCCSCCCO[C@]2(C(=O)O)C[C@H](O)[C@@H](NC(C)=O)[C@H]([C@H](O)[C@H](O)CNC(=O)c3ccc(-c4ccccc4)cc3)O2)C[C@@H]1O. The highest BCUT2D eigenvalue weighted by Gasteiger charge is 2.56. The fourth-order valence-electron chi connectivity index (χ4n) is 10.1. The number of hydrogen-bond donors (Lipinski definition) is 12. The third-order valence-electron chi connectivity index (χ3n) is 14.8. The molecule has 4 aromatic carbocycles. The number of carboxylic acids is 1. The number of thioether (sulfide) groups is 2. The fraction of sp³-hybridized carbons (Fsp3) is 0.492. The van der Waals surface area contributed by atoms with Crippen LogP contribution >= 0.6 is 23.5 Å². The Bertz CT molecular complexity index is 2940. The summed E-state index contributed by atoms with van der Waals surface area (Å²) in [5, 5.41) is 89.9. The molecule has 2 aliphatic rings. The third-order valence-corrected chi connectivity index (χ3v) is 17.0. The van der Waals surface area contributed by atoms with Gasteiger partial charge in [-0.1, -0.05) is 84.9 Å². The highest BCUT2D eigenvalue weighted by Crippen LogP contribution is 2.35. The molecule has 0 saturated carbocycles. The predicted octanol–water partition coefficient (Wildman–Crippen LogP) is 2.13. The minimum atomic E-state index is -2.47. The van der Waals surface area contributed by atoms with E-state index in [1.807, 2.05) is 60.7 Å². The zero-order valence-electron chi connectivity index (χ0n) is 49.6. The highest BCUT2D eigenvalue weighted by molar-refractivity contribution is 7.99. The molecule has 0 radical (unpaired) electrons. The standard InChI is InChI=1S/C63H81N5O19S2/c1-39(70)67-53-48(73)34-62(38-69,86-57(53)55(78)50(75)36-65-59(80)45-21-17-43(18-22-45)41-12-5-3-6-13-41)84-28-10-32-89-33-27-64-52(77)26-25-47(72)16-9-30-88-31-11-29-85-63(61(82)83)35-49(74)54(68-40(2)71)58(87-63)56(79)51(76)37-66-60(81)46-23-19-44(20-24-46)42-14-7-4-8-15-42/h3-8,12-15,17-24,38,48-51,53-58,73-76,78-79H,9-11,16,25-37H2,1-2H3,(H,64,77)(H,65,80)(H,66,81)(H,67,70)(H,68,71)(H,82,83)/t48-,49-,50+,51+,53+,54+,55+,56+,57+,58+,62+,63+/m0/s1. The molecule has 12 atom stereocenters. The molecule has 2 aliphatic heterocycles. The van der Waals surface area contributed by atoms with Crippen molar-refractivity contribution in [1.82, 2.24) is 26.6 Å². The van der Waals surface area contributed by atoms with E-state index in [0.29, 0.717) is 60.7 Å². The van der Waals surface area contributed by atoms with Gasteiger partial charge in [0.15, 0.2) is 6.29 Å². The smallest absolute Gasteiger partial charge is 0.364 e. The van der Waals surface area contributed by atoms with E-state index in [9.17, 15) is 74.1 Å². The molecule has 0 aliphatic carbocycles. The number of aliphatic hydroxyl groups is 6. The van der Waals surface area contributed by atoms with Crippen molar-refractivity contribution in [3.8, 4) is 22.3 Å². The Balaban J connectivity index is 0.826. The Labute approximate surface area is 524 Å². The maximum absolute atomic E-state index is 13.0. The maximum Gasteiger partial charge on any atom is 0.364 e. The van der Waals surface area contributed by atoms with Crippen LogP contribution in [0.5, 0.6) is 0 Å². The zero-order chi connectivity index (χ0) is 64.5. The van der Waals surface area contributed by atoms with Crippen LogP contribution in [-0.4, -0.2) is 212 Å². The van der Waals surface area contributed by atoms with E-state index in [4.69, 9.17) is 18.9 Å². The number of Topliss-reactive ketones (excluding diaryl/α,β-unsaturated/α-hetero) is 1. The van der Waals surface area contributed by atoms with Gasteiger partial charge in [0.05, 0.1) is 49.7 Å². The molecule has 89 heavy (non-hydrogen) atoms. The molecule has 4 aromatic rings. The second-order valence-electron chi connectivity index (χ2n) is 21.7. The lowest BCUT2D eigenvalue weighted by Gasteiger charge is -2.46. The first-order chi connectivity index (χ1) is 42.6. The van der Waals surface area contributed by atoms with Crippen LogP contribution in [0.2, 0.25) is 0 Å². The summed E-state index contributed by atoms with van der Waals surface area (Å²) in [5.41, 5.74) is 4.25. The number of nitrogens with one attached hydrogen (secondary N) is 5. The van der Waals surface area contributed by atoms with Crippen LogP contribution in [0.15, 0.2) is 109 Å². The number of ether oxygens (including phenoxy) is 4. The fourth-order valence-corrected chi connectivity index (χ4v) is 11.8. The van der Waals surface area contributed by atoms with E-state index in [2.05, 4.69) is 26.6 Å². The zero-order valence-corrected chi connectivity index (χ0v) is 51.2. The number of carbonyl (C=O) groups is 8. The van der Waals surface area contributed by atoms with Gasteiger partial charge in [0.2, 0.25) is 23.5 Å². The molecule has 2 saturated heterocycles. The first-order valence-corrected chi connectivity index (χ1v) is 31.7. The van der Waals surface area contributed by atoms with Gasteiger partial charge in [-0.25, -0.2) is 4.79 Å². The molecule has 484 valence electrons. The van der Waals surface area contributed by atoms with Gasteiger partial charge in [0, 0.05) is 82.5 Å². The summed E-state index contributed by atoms with van der Waals surface area (Å²) in [6.45, 7) is 1.54. The van der Waals surface area contributed by atoms with Crippen LogP contribution in [0.1, 0.15) is 85.9 Å². The van der Waals surface area contributed by atoms with E-state index in [-0.39, 0.29) is 49.7 Å². The molecule has 24 nitrogen and oxygen atoms in total. The van der Waals surface area contributed by atoms with Crippen molar-refractivity contribution in [2.75, 3.05) is 55.9 Å². The van der Waals surface area contributed by atoms with Gasteiger partial charge in [0.25, 0.3) is 17.6 Å². The van der Waals surface area contributed by atoms with E-state index in [1.54, 1.807) is 48.5 Å². The van der Waals surface area contributed by atoms with E-state index >= 15 is 0 Å². The number of rotatable bonds is 36. The van der Waals surface area contributed by atoms with Crippen molar-refractivity contribution in [3.05, 3.63) is 120 Å². The van der Waals surface area contributed by atoms with Gasteiger partial charge in [-0.3, -0.25) is 33.6 Å². The average molecular weight is 1280 g/mol. The van der Waals surface area contributed by atoms with Crippen LogP contribution in [0.25, 0.3) is 22.3 Å². The van der Waals surface area contributed by atoms with Crippen LogP contribution in [0.4, 0.5) is 0 Å². The van der Waals surface area contributed by atoms with Gasteiger partial charge in [-0.2, -0.15) is 23.5 Å². The predicted molar refractivity (Wildman–Crippen MR) is 330 cm³/mol. The van der Waals surface area contributed by atoms with Crippen LogP contribution in [-0.2, 0) is 47.7 Å². The number of benzene rings is 4. The Hall–Kier alpha value is -6.66. The number of amides is 5. The summed E-state index contributed by atoms with van der Waals surface area (Å²) < 4.78 is 23.4. The van der Waals surface area contributed by atoms with Crippen molar-refractivity contribution >= 4 is 71.1 Å². The summed E-state index contributed by atoms with van der Waals surface area (Å²) >= 11 is 2.96. The number of aldehydes is 1. The Morgan fingerprint density at radius 1 is 0.573 bits per heavy atom. The highest BCUT2D eigenvalue weighted by atomic mass is 32.2. The summed E-state index contributed by atoms with van der Waals surface area (Å²) in [6.07, 6.45) is -12.5. The lowest BCUT2D eigenvalue weighted by atomic mass is 9.88. The molecule has 26 heteroatoms. The number of ketones is 1. The Kier molecular flexibility index (Phi) is 28.6. The third kappa shape index (κ3) is 21.8. The molecule has 6 rings (SSSR count). The summed E-state index contributed by atoms with van der Waals surface area (Å²) in [6, 6.07) is 30.0. The normalized spacial score (nSPS) is 22.9. The topological polar surface area (TPSA) is 375 Å². The van der Waals surface area contributed by atoms with Crippen LogP contribution in [0, 0.1) is 0 Å². The Morgan fingerprint density at radius 2 is 1.02 bits per heavy atom. The molecule has 0 unspecified atom stereocenters.